The highest BCUT2D eigenvalue weighted by Crippen LogP contribution is 2.26. The molecule has 2 aromatic rings. The number of aryl methyl sites for hydroxylation is 1. The normalized spacial score (nSPS) is 12.2. The van der Waals surface area contributed by atoms with Gasteiger partial charge in [0.25, 0.3) is 0 Å². The van der Waals surface area contributed by atoms with Crippen LogP contribution in [0.15, 0.2) is 42.5 Å². The molecule has 148 valence electrons. The van der Waals surface area contributed by atoms with Crippen molar-refractivity contribution in [1.29, 1.82) is 0 Å². The number of aliphatic hydroxyl groups excluding tert-OH is 1. The number of aliphatic hydroxyl groups is 1. The molecule has 0 fully saturated rings. The van der Waals surface area contributed by atoms with Crippen LogP contribution in [-0.2, 0) is 6.42 Å². The first-order valence-corrected chi connectivity index (χ1v) is 10.5. The van der Waals surface area contributed by atoms with Crippen LogP contribution in [0.4, 0.5) is 11.4 Å². The maximum atomic E-state index is 9.55. The van der Waals surface area contributed by atoms with Gasteiger partial charge in [-0.1, -0.05) is 63.6 Å². The average molecular weight is 369 g/mol. The summed E-state index contributed by atoms with van der Waals surface area (Å²) < 4.78 is 0. The van der Waals surface area contributed by atoms with Crippen molar-refractivity contribution in [3.05, 3.63) is 48.0 Å². The summed E-state index contributed by atoms with van der Waals surface area (Å²) in [4.78, 5) is 0. The van der Waals surface area contributed by atoms with E-state index in [4.69, 9.17) is 11.5 Å². The minimum atomic E-state index is -0.0977. The highest BCUT2D eigenvalue weighted by molar-refractivity contribution is 5.69. The third kappa shape index (κ3) is 7.64. The Labute approximate surface area is 164 Å². The molecule has 3 heteroatoms. The van der Waals surface area contributed by atoms with Gasteiger partial charge in [-0.05, 0) is 66.6 Å². The third-order valence-electron chi connectivity index (χ3n) is 5.34. The van der Waals surface area contributed by atoms with Crippen molar-refractivity contribution in [2.24, 2.45) is 0 Å². The van der Waals surface area contributed by atoms with Gasteiger partial charge in [0.15, 0.2) is 0 Å². The minimum absolute atomic E-state index is 0.0977. The molecule has 0 amide bonds. The molecule has 2 aromatic carbocycles. The summed E-state index contributed by atoms with van der Waals surface area (Å²) in [5, 5.41) is 9.55. The number of unbranched alkanes of at least 4 members (excludes halogenated alkanes) is 6. The molecule has 0 saturated heterocycles. The summed E-state index contributed by atoms with van der Waals surface area (Å²) in [6.07, 6.45) is 11.5. The van der Waals surface area contributed by atoms with Crippen LogP contribution in [0.3, 0.4) is 0 Å². The Morgan fingerprint density at radius 1 is 0.778 bits per heavy atom. The Morgan fingerprint density at radius 2 is 1.37 bits per heavy atom. The van der Waals surface area contributed by atoms with E-state index in [1.54, 1.807) is 0 Å². The number of anilines is 2. The second-order valence-corrected chi connectivity index (χ2v) is 7.61. The first-order chi connectivity index (χ1) is 13.1. The predicted octanol–water partition coefficient (Wildman–Crippen LogP) is 5.95. The lowest BCUT2D eigenvalue weighted by molar-refractivity contribution is 0.156. The van der Waals surface area contributed by atoms with Crippen molar-refractivity contribution >= 4 is 11.4 Å². The SMILES string of the molecule is CCC(O)CCCCCCCCCc1cc(-c2ccc(N)cc2)ccc1N. The van der Waals surface area contributed by atoms with Crippen molar-refractivity contribution in [2.75, 3.05) is 11.5 Å². The Bertz CT molecular complexity index is 667. The number of rotatable bonds is 12. The number of nitrogen functional groups attached to an aromatic ring is 2. The molecule has 3 nitrogen and oxygen atoms in total. The number of hydrogen-bond donors (Lipinski definition) is 3. The molecule has 0 saturated carbocycles. The van der Waals surface area contributed by atoms with Gasteiger partial charge in [-0.2, -0.15) is 0 Å². The summed E-state index contributed by atoms with van der Waals surface area (Å²) in [5.74, 6) is 0. The van der Waals surface area contributed by atoms with Gasteiger partial charge in [0.1, 0.15) is 0 Å². The molecule has 0 aliphatic carbocycles. The van der Waals surface area contributed by atoms with E-state index in [1.165, 1.54) is 55.2 Å². The zero-order valence-corrected chi connectivity index (χ0v) is 16.8. The number of hydrogen-bond acceptors (Lipinski definition) is 3. The van der Waals surface area contributed by atoms with Crippen LogP contribution in [0, 0.1) is 0 Å². The molecule has 0 aromatic heterocycles. The summed E-state index contributed by atoms with van der Waals surface area (Å²) in [5.41, 5.74) is 17.3. The van der Waals surface area contributed by atoms with Gasteiger partial charge in [-0.3, -0.25) is 0 Å². The van der Waals surface area contributed by atoms with E-state index in [9.17, 15) is 5.11 Å². The first kappa shape index (κ1) is 21.3. The van der Waals surface area contributed by atoms with Gasteiger partial charge in [0, 0.05) is 11.4 Å². The maximum absolute atomic E-state index is 9.55. The van der Waals surface area contributed by atoms with Crippen LogP contribution in [0.2, 0.25) is 0 Å². The summed E-state index contributed by atoms with van der Waals surface area (Å²) in [6.45, 7) is 2.04. The van der Waals surface area contributed by atoms with E-state index in [2.05, 4.69) is 24.3 Å². The fraction of sp³-hybridized carbons (Fsp3) is 0.500. The lowest BCUT2D eigenvalue weighted by Crippen LogP contribution is -2.03. The second-order valence-electron chi connectivity index (χ2n) is 7.61. The lowest BCUT2D eigenvalue weighted by atomic mass is 9.98. The zero-order valence-electron chi connectivity index (χ0n) is 16.8. The van der Waals surface area contributed by atoms with Crippen molar-refractivity contribution in [3.63, 3.8) is 0 Å². The number of benzene rings is 2. The molecule has 0 heterocycles. The van der Waals surface area contributed by atoms with Crippen LogP contribution in [0.25, 0.3) is 11.1 Å². The van der Waals surface area contributed by atoms with Crippen LogP contribution in [0.1, 0.15) is 70.3 Å². The van der Waals surface area contributed by atoms with Crippen molar-refractivity contribution < 1.29 is 5.11 Å². The highest BCUT2D eigenvalue weighted by atomic mass is 16.3. The van der Waals surface area contributed by atoms with E-state index in [0.29, 0.717) is 0 Å². The molecular weight excluding hydrogens is 332 g/mol. The summed E-state index contributed by atoms with van der Waals surface area (Å²) >= 11 is 0. The van der Waals surface area contributed by atoms with Crippen molar-refractivity contribution in [1.82, 2.24) is 0 Å². The molecule has 2 rings (SSSR count). The minimum Gasteiger partial charge on any atom is -0.399 e. The van der Waals surface area contributed by atoms with E-state index in [1.807, 2.05) is 25.1 Å². The Balaban J connectivity index is 1.68. The maximum Gasteiger partial charge on any atom is 0.0537 e. The van der Waals surface area contributed by atoms with Gasteiger partial charge >= 0.3 is 0 Å². The fourth-order valence-electron chi connectivity index (χ4n) is 3.46. The Kier molecular flexibility index (Phi) is 9.20. The van der Waals surface area contributed by atoms with Crippen LogP contribution < -0.4 is 11.5 Å². The Morgan fingerprint density at radius 3 is 2.04 bits per heavy atom. The molecule has 1 unspecified atom stereocenters. The van der Waals surface area contributed by atoms with Gasteiger partial charge < -0.3 is 16.6 Å². The van der Waals surface area contributed by atoms with Crippen molar-refractivity contribution in [2.45, 2.75) is 77.2 Å². The summed E-state index contributed by atoms with van der Waals surface area (Å²) in [7, 11) is 0. The molecule has 0 bridgehead atoms. The largest absolute Gasteiger partial charge is 0.399 e. The van der Waals surface area contributed by atoms with Crippen molar-refractivity contribution in [3.8, 4) is 11.1 Å². The molecule has 0 aliphatic heterocycles. The molecule has 5 N–H and O–H groups in total. The van der Waals surface area contributed by atoms with E-state index >= 15 is 0 Å². The molecular formula is C24H36N2O. The van der Waals surface area contributed by atoms with E-state index in [-0.39, 0.29) is 6.10 Å². The average Bonchev–Trinajstić information content (AvgIpc) is 2.68. The van der Waals surface area contributed by atoms with Crippen LogP contribution in [-0.4, -0.2) is 11.2 Å². The number of nitrogens with two attached hydrogens (primary N) is 2. The summed E-state index contributed by atoms with van der Waals surface area (Å²) in [6, 6.07) is 14.3. The second kappa shape index (κ2) is 11.7. The zero-order chi connectivity index (χ0) is 19.5. The monoisotopic (exact) mass is 368 g/mol. The van der Waals surface area contributed by atoms with E-state index < -0.39 is 0 Å². The van der Waals surface area contributed by atoms with E-state index in [0.717, 1.165) is 37.1 Å². The molecule has 0 spiro atoms. The van der Waals surface area contributed by atoms with Crippen LogP contribution >= 0.6 is 0 Å². The van der Waals surface area contributed by atoms with Gasteiger partial charge in [0.05, 0.1) is 6.10 Å². The standard InChI is InChI=1S/C24H36N2O/c1-2-23(27)11-9-7-5-3-4-6-8-10-21-18-20(14-17-24(21)26)19-12-15-22(25)16-13-19/h12-18,23,27H,2-11,25-26H2,1H3. The molecule has 0 radical (unpaired) electrons. The topological polar surface area (TPSA) is 72.3 Å². The smallest absolute Gasteiger partial charge is 0.0537 e. The predicted molar refractivity (Wildman–Crippen MR) is 118 cm³/mol. The van der Waals surface area contributed by atoms with Crippen LogP contribution in [0.5, 0.6) is 0 Å². The first-order valence-electron chi connectivity index (χ1n) is 10.5. The lowest BCUT2D eigenvalue weighted by Gasteiger charge is -2.10. The van der Waals surface area contributed by atoms with Gasteiger partial charge in [-0.15, -0.1) is 0 Å². The molecule has 0 aliphatic rings. The fourth-order valence-corrected chi connectivity index (χ4v) is 3.46. The Hall–Kier alpha value is -2.00. The van der Waals surface area contributed by atoms with Gasteiger partial charge in [0.2, 0.25) is 0 Å². The highest BCUT2D eigenvalue weighted by Gasteiger charge is 2.04. The quantitative estimate of drug-likeness (QED) is 0.320. The van der Waals surface area contributed by atoms with Gasteiger partial charge in [-0.25, -0.2) is 0 Å². The third-order valence-corrected chi connectivity index (χ3v) is 5.34. The molecule has 1 atom stereocenters. The molecule has 27 heavy (non-hydrogen) atoms.